The van der Waals surface area contributed by atoms with E-state index in [0.29, 0.717) is 30.8 Å². The van der Waals surface area contributed by atoms with E-state index in [1.54, 1.807) is 4.90 Å². The molecular formula is C26H33ClN2O2. The molecule has 166 valence electrons. The number of carbonyl (C=O) groups is 2. The molecule has 0 heterocycles. The topological polar surface area (TPSA) is 49.4 Å². The molecule has 4 nitrogen and oxygen atoms in total. The summed E-state index contributed by atoms with van der Waals surface area (Å²) in [5.74, 6) is -0.0541. The fourth-order valence-electron chi connectivity index (χ4n) is 4.26. The Bertz CT molecular complexity index is 875. The Balaban J connectivity index is 1.76. The van der Waals surface area contributed by atoms with Crippen LogP contribution in [0.4, 0.5) is 0 Å². The van der Waals surface area contributed by atoms with Gasteiger partial charge < -0.3 is 10.2 Å². The minimum absolute atomic E-state index is 0.0195. The van der Waals surface area contributed by atoms with Crippen LogP contribution < -0.4 is 5.32 Å². The van der Waals surface area contributed by atoms with Crippen LogP contribution in [0.3, 0.4) is 0 Å². The molecule has 0 spiro atoms. The number of hydrogen-bond donors (Lipinski definition) is 1. The molecule has 1 saturated carbocycles. The van der Waals surface area contributed by atoms with Crippen molar-refractivity contribution in [3.05, 3.63) is 70.2 Å². The Morgan fingerprint density at radius 1 is 1.10 bits per heavy atom. The van der Waals surface area contributed by atoms with E-state index in [9.17, 15) is 9.59 Å². The number of rotatable bonds is 9. The SMILES string of the molecule is CCC(C(=O)NC1CCCC1)N(Cc1ccc(C)cc1)C(=O)CCc1ccccc1Cl. The summed E-state index contributed by atoms with van der Waals surface area (Å²) in [6, 6.07) is 15.5. The molecule has 0 radical (unpaired) electrons. The van der Waals surface area contributed by atoms with Crippen molar-refractivity contribution in [2.75, 3.05) is 0 Å². The maximum absolute atomic E-state index is 13.3. The summed E-state index contributed by atoms with van der Waals surface area (Å²) < 4.78 is 0. The first-order valence-electron chi connectivity index (χ1n) is 11.4. The zero-order valence-corrected chi connectivity index (χ0v) is 19.3. The zero-order valence-electron chi connectivity index (χ0n) is 18.6. The van der Waals surface area contributed by atoms with Crippen molar-refractivity contribution in [1.29, 1.82) is 0 Å². The van der Waals surface area contributed by atoms with Gasteiger partial charge in [0.25, 0.3) is 0 Å². The van der Waals surface area contributed by atoms with Gasteiger partial charge in [-0.25, -0.2) is 0 Å². The highest BCUT2D eigenvalue weighted by Crippen LogP contribution is 2.21. The first-order valence-corrected chi connectivity index (χ1v) is 11.7. The zero-order chi connectivity index (χ0) is 22.2. The largest absolute Gasteiger partial charge is 0.352 e. The van der Waals surface area contributed by atoms with Crippen molar-refractivity contribution in [2.45, 2.75) is 77.4 Å². The number of halogens is 1. The normalized spacial score (nSPS) is 14.9. The summed E-state index contributed by atoms with van der Waals surface area (Å²) in [5.41, 5.74) is 3.16. The van der Waals surface area contributed by atoms with Gasteiger partial charge in [0.05, 0.1) is 0 Å². The maximum Gasteiger partial charge on any atom is 0.243 e. The van der Waals surface area contributed by atoms with Gasteiger partial charge in [0.15, 0.2) is 0 Å². The Morgan fingerprint density at radius 3 is 2.42 bits per heavy atom. The van der Waals surface area contributed by atoms with Gasteiger partial charge in [-0.3, -0.25) is 9.59 Å². The summed E-state index contributed by atoms with van der Waals surface area (Å²) in [5, 5.41) is 3.86. The number of aryl methyl sites for hydroxylation is 2. The van der Waals surface area contributed by atoms with Crippen LogP contribution in [0, 0.1) is 6.92 Å². The number of nitrogens with one attached hydrogen (secondary N) is 1. The molecule has 0 aliphatic heterocycles. The monoisotopic (exact) mass is 440 g/mol. The third-order valence-corrected chi connectivity index (χ3v) is 6.50. The van der Waals surface area contributed by atoms with Crippen molar-refractivity contribution < 1.29 is 9.59 Å². The molecule has 31 heavy (non-hydrogen) atoms. The van der Waals surface area contributed by atoms with E-state index >= 15 is 0 Å². The van der Waals surface area contributed by atoms with E-state index in [4.69, 9.17) is 11.6 Å². The Kier molecular flexibility index (Phi) is 8.53. The van der Waals surface area contributed by atoms with E-state index < -0.39 is 6.04 Å². The Morgan fingerprint density at radius 2 is 1.77 bits per heavy atom. The molecule has 0 aromatic heterocycles. The second kappa shape index (κ2) is 11.3. The van der Waals surface area contributed by atoms with Gasteiger partial charge in [0.1, 0.15) is 6.04 Å². The number of amides is 2. The summed E-state index contributed by atoms with van der Waals surface area (Å²) in [7, 11) is 0. The number of hydrogen-bond acceptors (Lipinski definition) is 2. The molecular weight excluding hydrogens is 408 g/mol. The third-order valence-electron chi connectivity index (χ3n) is 6.13. The van der Waals surface area contributed by atoms with Crippen LogP contribution in [0.15, 0.2) is 48.5 Å². The fourth-order valence-corrected chi connectivity index (χ4v) is 4.49. The van der Waals surface area contributed by atoms with E-state index in [0.717, 1.165) is 36.8 Å². The van der Waals surface area contributed by atoms with Crippen LogP contribution in [0.2, 0.25) is 5.02 Å². The predicted molar refractivity (Wildman–Crippen MR) is 126 cm³/mol. The minimum atomic E-state index is -0.472. The quantitative estimate of drug-likeness (QED) is 0.563. The van der Waals surface area contributed by atoms with Gasteiger partial charge in [-0.15, -0.1) is 0 Å². The molecule has 3 rings (SSSR count). The van der Waals surface area contributed by atoms with Crippen LogP contribution in [-0.4, -0.2) is 28.8 Å². The van der Waals surface area contributed by atoms with E-state index in [2.05, 4.69) is 5.32 Å². The number of nitrogens with zero attached hydrogens (tertiary/aromatic N) is 1. The van der Waals surface area contributed by atoms with Crippen molar-refractivity contribution in [2.24, 2.45) is 0 Å². The van der Waals surface area contributed by atoms with Crippen molar-refractivity contribution in [1.82, 2.24) is 10.2 Å². The highest BCUT2D eigenvalue weighted by atomic mass is 35.5. The van der Waals surface area contributed by atoms with Gasteiger partial charge in [0, 0.05) is 24.0 Å². The van der Waals surface area contributed by atoms with Gasteiger partial charge >= 0.3 is 0 Å². The molecule has 1 aliphatic rings. The molecule has 2 amide bonds. The lowest BCUT2D eigenvalue weighted by Crippen LogP contribution is -2.51. The second-order valence-corrected chi connectivity index (χ2v) is 8.92. The molecule has 2 aromatic rings. The van der Waals surface area contributed by atoms with Crippen LogP contribution in [0.1, 0.15) is 62.1 Å². The maximum atomic E-state index is 13.3. The van der Waals surface area contributed by atoms with Crippen LogP contribution in [0.25, 0.3) is 0 Å². The first-order chi connectivity index (χ1) is 15.0. The van der Waals surface area contributed by atoms with E-state index in [-0.39, 0.29) is 17.9 Å². The average Bonchev–Trinajstić information content (AvgIpc) is 3.27. The highest BCUT2D eigenvalue weighted by molar-refractivity contribution is 6.31. The number of benzene rings is 2. The molecule has 1 aliphatic carbocycles. The van der Waals surface area contributed by atoms with E-state index in [1.165, 1.54) is 5.56 Å². The minimum Gasteiger partial charge on any atom is -0.352 e. The van der Waals surface area contributed by atoms with Gasteiger partial charge in [-0.2, -0.15) is 0 Å². The molecule has 0 saturated heterocycles. The third kappa shape index (κ3) is 6.57. The molecule has 1 fully saturated rings. The molecule has 0 bridgehead atoms. The predicted octanol–water partition coefficient (Wildman–Crippen LogP) is 5.45. The van der Waals surface area contributed by atoms with Gasteiger partial charge in [-0.05, 0) is 49.8 Å². The van der Waals surface area contributed by atoms with Crippen molar-refractivity contribution in [3.63, 3.8) is 0 Å². The fraction of sp³-hybridized carbons (Fsp3) is 0.462. The Labute approximate surface area is 191 Å². The average molecular weight is 441 g/mol. The molecule has 1 unspecified atom stereocenters. The lowest BCUT2D eigenvalue weighted by molar-refractivity contribution is -0.141. The summed E-state index contributed by atoms with van der Waals surface area (Å²) >= 11 is 6.28. The smallest absolute Gasteiger partial charge is 0.243 e. The molecule has 5 heteroatoms. The van der Waals surface area contributed by atoms with Crippen molar-refractivity contribution in [3.8, 4) is 0 Å². The lowest BCUT2D eigenvalue weighted by atomic mass is 10.0. The Hall–Kier alpha value is -2.33. The number of carbonyl (C=O) groups excluding carboxylic acids is 2. The van der Waals surface area contributed by atoms with Gasteiger partial charge in [-0.1, -0.05) is 79.4 Å². The van der Waals surface area contributed by atoms with Crippen LogP contribution in [-0.2, 0) is 22.6 Å². The molecule has 2 aromatic carbocycles. The summed E-state index contributed by atoms with van der Waals surface area (Å²) in [6.45, 7) is 4.45. The van der Waals surface area contributed by atoms with Gasteiger partial charge in [0.2, 0.25) is 11.8 Å². The standard InChI is InChI=1S/C26H33ClN2O2/c1-3-24(26(31)28-22-9-5-6-10-22)29(18-20-14-12-19(2)13-15-20)25(30)17-16-21-8-4-7-11-23(21)27/h4,7-8,11-15,22,24H,3,5-6,9-10,16-18H2,1-2H3,(H,28,31). The highest BCUT2D eigenvalue weighted by Gasteiger charge is 2.30. The second-order valence-electron chi connectivity index (χ2n) is 8.51. The van der Waals surface area contributed by atoms with Crippen LogP contribution >= 0.6 is 11.6 Å². The van der Waals surface area contributed by atoms with Crippen LogP contribution in [0.5, 0.6) is 0 Å². The van der Waals surface area contributed by atoms with E-state index in [1.807, 2.05) is 62.4 Å². The summed E-state index contributed by atoms with van der Waals surface area (Å²) in [6.07, 6.45) is 5.84. The van der Waals surface area contributed by atoms with Crippen molar-refractivity contribution >= 4 is 23.4 Å². The lowest BCUT2D eigenvalue weighted by Gasteiger charge is -2.31. The summed E-state index contributed by atoms with van der Waals surface area (Å²) in [4.78, 5) is 28.2. The molecule has 1 atom stereocenters. The molecule has 1 N–H and O–H groups in total. The first kappa shape index (κ1) is 23.3.